The number of benzene rings is 2. The summed E-state index contributed by atoms with van der Waals surface area (Å²) < 4.78 is 24.4. The highest BCUT2D eigenvalue weighted by Gasteiger charge is 2.22. The van der Waals surface area contributed by atoms with Crippen LogP contribution in [-0.2, 0) is 18.3 Å². The third-order valence-electron chi connectivity index (χ3n) is 7.22. The largest absolute Gasteiger partial charge is 0.507 e. The van der Waals surface area contributed by atoms with Gasteiger partial charge in [0.2, 0.25) is 0 Å². The van der Waals surface area contributed by atoms with Crippen molar-refractivity contribution in [3.05, 3.63) is 86.7 Å². The van der Waals surface area contributed by atoms with Gasteiger partial charge < -0.3 is 24.6 Å². The molecule has 2 N–H and O–H groups in total. The van der Waals surface area contributed by atoms with Crippen molar-refractivity contribution in [3.8, 4) is 33.7 Å². The highest BCUT2D eigenvalue weighted by Crippen LogP contribution is 2.40. The van der Waals surface area contributed by atoms with E-state index in [4.69, 9.17) is 16.3 Å². The number of pyridine rings is 1. The van der Waals surface area contributed by atoms with Crippen molar-refractivity contribution in [2.75, 3.05) is 38.3 Å². The second-order valence-corrected chi connectivity index (χ2v) is 10.6. The van der Waals surface area contributed by atoms with Crippen LogP contribution in [0, 0.1) is 18.2 Å². The van der Waals surface area contributed by atoms with Gasteiger partial charge in [-0.05, 0) is 49.2 Å². The van der Waals surface area contributed by atoms with E-state index in [-0.39, 0.29) is 39.2 Å². The summed E-state index contributed by atoms with van der Waals surface area (Å²) in [6.45, 7) is 4.95. The van der Waals surface area contributed by atoms with Crippen molar-refractivity contribution in [2.45, 2.75) is 25.9 Å². The molecule has 5 rings (SSSR count). The average Bonchev–Trinajstić information content (AvgIpc) is 3.28. The first kappa shape index (κ1) is 28.5. The summed E-state index contributed by atoms with van der Waals surface area (Å²) in [5.74, 6) is -0.724. The molecule has 1 aliphatic heterocycles. The van der Waals surface area contributed by atoms with Crippen LogP contribution in [0.2, 0.25) is 5.02 Å². The molecule has 0 unspecified atom stereocenters. The van der Waals surface area contributed by atoms with Crippen molar-refractivity contribution in [2.24, 2.45) is 7.05 Å². The van der Waals surface area contributed by atoms with Crippen molar-refractivity contribution >= 4 is 17.3 Å². The van der Waals surface area contributed by atoms with Crippen LogP contribution in [0.5, 0.6) is 5.75 Å². The smallest absolute Gasteiger partial charge is 0.347 e. The van der Waals surface area contributed by atoms with Crippen LogP contribution < -0.4 is 21.5 Å². The standard InChI is InChI=1S/C30H31ClFN5O4/c1-19-17-35(9-7-33-19)27-14-21(18-36(29(27)39)8-4-12-41-3)24-16-22(32)15-23(28(24)38)20-5-6-26(25(31)13-20)37-11-10-34(2)30(37)40/h5-6,13-16,18-19,33,38H,4,7-9,12,17H2,1-3H3/t19-/m1/s1. The molecule has 1 saturated heterocycles. The van der Waals surface area contributed by atoms with Crippen LogP contribution >= 0.6 is 11.6 Å². The molecular weight excluding hydrogens is 549 g/mol. The second kappa shape index (κ2) is 11.8. The Morgan fingerprint density at radius 1 is 1.12 bits per heavy atom. The predicted molar refractivity (Wildman–Crippen MR) is 157 cm³/mol. The minimum absolute atomic E-state index is 0.150. The maximum Gasteiger partial charge on any atom is 0.347 e. The molecule has 4 aromatic rings. The second-order valence-electron chi connectivity index (χ2n) is 10.2. The van der Waals surface area contributed by atoms with E-state index in [1.54, 1.807) is 49.2 Å². The number of hydrogen-bond donors (Lipinski definition) is 2. The molecule has 2 aromatic heterocycles. The van der Waals surface area contributed by atoms with E-state index < -0.39 is 5.82 Å². The molecule has 0 bridgehead atoms. The Balaban J connectivity index is 1.60. The van der Waals surface area contributed by atoms with Gasteiger partial charge in [-0.25, -0.2) is 13.8 Å². The number of phenolic OH excluding ortho intramolecular Hbond substituents is 1. The molecule has 3 heterocycles. The molecule has 0 amide bonds. The number of piperazine rings is 1. The van der Waals surface area contributed by atoms with E-state index in [1.807, 2.05) is 4.90 Å². The molecule has 0 radical (unpaired) electrons. The van der Waals surface area contributed by atoms with E-state index in [9.17, 15) is 14.7 Å². The van der Waals surface area contributed by atoms with E-state index in [0.717, 1.165) is 6.54 Å². The van der Waals surface area contributed by atoms with Gasteiger partial charge in [0, 0.05) is 88.3 Å². The first-order valence-electron chi connectivity index (χ1n) is 13.3. The molecule has 41 heavy (non-hydrogen) atoms. The molecule has 214 valence electrons. The molecule has 2 aromatic carbocycles. The van der Waals surface area contributed by atoms with E-state index >= 15 is 4.39 Å². The predicted octanol–water partition coefficient (Wildman–Crippen LogP) is 3.60. The third-order valence-corrected chi connectivity index (χ3v) is 7.52. The van der Waals surface area contributed by atoms with Gasteiger partial charge in [0.25, 0.3) is 5.56 Å². The van der Waals surface area contributed by atoms with Crippen LogP contribution in [0.4, 0.5) is 10.1 Å². The molecule has 1 aliphatic rings. The number of hydrogen-bond acceptors (Lipinski definition) is 6. The topological polar surface area (TPSA) is 93.7 Å². The zero-order valence-corrected chi connectivity index (χ0v) is 23.8. The molecule has 0 saturated carbocycles. The van der Waals surface area contributed by atoms with Gasteiger partial charge in [0.1, 0.15) is 17.3 Å². The molecule has 1 fully saturated rings. The number of aromatic nitrogens is 3. The normalized spacial score (nSPS) is 15.2. The number of methoxy groups -OCH3 is 1. The van der Waals surface area contributed by atoms with Crippen LogP contribution in [0.15, 0.2) is 52.2 Å². The maximum atomic E-state index is 15.1. The minimum atomic E-state index is -0.565. The Labute approximate surface area is 242 Å². The number of aromatic hydroxyl groups is 1. The number of ether oxygens (including phenoxy) is 1. The number of rotatable bonds is 8. The average molecular weight is 580 g/mol. The Morgan fingerprint density at radius 3 is 2.54 bits per heavy atom. The summed E-state index contributed by atoms with van der Waals surface area (Å²) in [6, 6.07) is 9.20. The lowest BCUT2D eigenvalue weighted by Gasteiger charge is -2.33. The lowest BCUT2D eigenvalue weighted by Crippen LogP contribution is -2.51. The number of halogens is 2. The summed E-state index contributed by atoms with van der Waals surface area (Å²) in [5, 5.41) is 15.0. The molecule has 0 spiro atoms. The number of nitrogens with zero attached hydrogens (tertiary/aromatic N) is 4. The summed E-state index contributed by atoms with van der Waals surface area (Å²) in [4.78, 5) is 27.9. The molecule has 1 atom stereocenters. The SMILES string of the molecule is COCCCn1cc(-c2cc(F)cc(-c3ccc(-n4c#cn(C)c4=O)c(Cl)c3)c2O)cc(N2CCN[C@H](C)C2)c1=O. The zero-order valence-electron chi connectivity index (χ0n) is 23.1. The van der Waals surface area contributed by atoms with Crippen LogP contribution in [0.3, 0.4) is 0 Å². The molecule has 11 heteroatoms. The maximum absolute atomic E-state index is 15.1. The molecule has 0 aliphatic carbocycles. The fourth-order valence-corrected chi connectivity index (χ4v) is 5.38. The summed E-state index contributed by atoms with van der Waals surface area (Å²) in [7, 11) is 3.16. The van der Waals surface area contributed by atoms with Gasteiger partial charge in [0.05, 0.1) is 10.7 Å². The Bertz CT molecular complexity index is 1700. The lowest BCUT2D eigenvalue weighted by molar-refractivity contribution is 0.190. The Morgan fingerprint density at radius 2 is 1.88 bits per heavy atom. The number of anilines is 1. The van der Waals surface area contributed by atoms with Crippen molar-refractivity contribution in [1.82, 2.24) is 19.0 Å². The highest BCUT2D eigenvalue weighted by molar-refractivity contribution is 6.32. The number of phenols is 1. The zero-order chi connectivity index (χ0) is 29.3. The fraction of sp³-hybridized carbons (Fsp3) is 0.333. The van der Waals surface area contributed by atoms with Crippen molar-refractivity contribution in [1.29, 1.82) is 0 Å². The van der Waals surface area contributed by atoms with Crippen LogP contribution in [0.25, 0.3) is 27.9 Å². The number of nitrogens with one attached hydrogen (secondary N) is 1. The first-order valence-corrected chi connectivity index (χ1v) is 13.7. The van der Waals surface area contributed by atoms with Crippen molar-refractivity contribution < 1.29 is 14.2 Å². The Kier molecular flexibility index (Phi) is 8.22. The summed E-state index contributed by atoms with van der Waals surface area (Å²) in [5.41, 5.74) is 1.78. The number of aryl methyl sites for hydroxylation is 1. The van der Waals surface area contributed by atoms with E-state index in [0.29, 0.717) is 55.2 Å². The highest BCUT2D eigenvalue weighted by atomic mass is 35.5. The minimum Gasteiger partial charge on any atom is -0.507 e. The third kappa shape index (κ3) is 5.75. The van der Waals surface area contributed by atoms with Gasteiger partial charge in [0.15, 0.2) is 0 Å². The van der Waals surface area contributed by atoms with Gasteiger partial charge >= 0.3 is 5.69 Å². The summed E-state index contributed by atoms with van der Waals surface area (Å²) >= 11 is 6.52. The fourth-order valence-electron chi connectivity index (χ4n) is 5.12. The van der Waals surface area contributed by atoms with Crippen LogP contribution in [-0.4, -0.2) is 58.2 Å². The monoisotopic (exact) mass is 579 g/mol. The Hall–Kier alpha value is -4.04. The van der Waals surface area contributed by atoms with Crippen LogP contribution in [0.1, 0.15) is 13.3 Å². The first-order chi connectivity index (χ1) is 19.7. The van der Waals surface area contributed by atoms with E-state index in [2.05, 4.69) is 24.6 Å². The van der Waals surface area contributed by atoms with Gasteiger partial charge in [-0.2, -0.15) is 0 Å². The molecule has 9 nitrogen and oxygen atoms in total. The van der Waals surface area contributed by atoms with Gasteiger partial charge in [-0.15, -0.1) is 0 Å². The van der Waals surface area contributed by atoms with Gasteiger partial charge in [-0.1, -0.05) is 17.7 Å². The van der Waals surface area contributed by atoms with E-state index in [1.165, 1.54) is 21.3 Å². The molecular formula is C30H31ClFN5O4. The van der Waals surface area contributed by atoms with Crippen molar-refractivity contribution in [3.63, 3.8) is 0 Å². The summed E-state index contributed by atoms with van der Waals surface area (Å²) in [6.07, 6.45) is 7.63. The quantitative estimate of drug-likeness (QED) is 0.310. The lowest BCUT2D eigenvalue weighted by atomic mass is 9.97. The van der Waals surface area contributed by atoms with Gasteiger partial charge in [-0.3, -0.25) is 9.36 Å².